The highest BCUT2D eigenvalue weighted by Gasteiger charge is 2.44. The van der Waals surface area contributed by atoms with E-state index in [9.17, 15) is 18.4 Å². The molecule has 2 aliphatic heterocycles. The predicted octanol–water partition coefficient (Wildman–Crippen LogP) is 7.07. The number of likely N-dealkylation sites (tertiary alicyclic amines) is 1. The SMILES string of the molecule is C[C@]1(c2ccc(Cl)cn2)Oc2cccc(C3CCN(Cc4ncc(-c5noc(C(F)(F)F)n5)cc4CC4(C#N)CC4)CC3)c2O1. The van der Waals surface area contributed by atoms with Crippen LogP contribution in [-0.4, -0.2) is 38.1 Å². The summed E-state index contributed by atoms with van der Waals surface area (Å²) in [4.78, 5) is 14.9. The van der Waals surface area contributed by atoms with Gasteiger partial charge in [0.15, 0.2) is 11.5 Å². The lowest BCUT2D eigenvalue weighted by Crippen LogP contribution is -2.34. The van der Waals surface area contributed by atoms with Crippen LogP contribution in [0.25, 0.3) is 11.4 Å². The van der Waals surface area contributed by atoms with Gasteiger partial charge < -0.3 is 14.0 Å². The normalized spacial score (nSPS) is 21.1. The van der Waals surface area contributed by atoms with Crippen LogP contribution < -0.4 is 9.47 Å². The summed E-state index contributed by atoms with van der Waals surface area (Å²) in [5.74, 6) is -0.987. The van der Waals surface area contributed by atoms with Crippen LogP contribution in [0.4, 0.5) is 13.2 Å². The molecule has 0 unspecified atom stereocenters. The fourth-order valence-electron chi connectivity index (χ4n) is 6.09. The molecule has 13 heteroatoms. The van der Waals surface area contributed by atoms with E-state index >= 15 is 0 Å². The molecule has 232 valence electrons. The molecule has 1 atom stereocenters. The standard InChI is InChI=1S/C32H28ClF3N6O3/c1-30(26-6-5-22(33)16-39-26)43-25-4-2-3-23(27(25)44-30)19-7-11-42(12-8-19)17-24-20(14-31(18-37)9-10-31)13-21(15-38-24)28-40-29(45-41-28)32(34,35)36/h2-6,13,15-16,19H,7-12,14,17H2,1H3/t30-/m0/s1. The van der Waals surface area contributed by atoms with Crippen molar-refractivity contribution in [3.63, 3.8) is 0 Å². The zero-order valence-corrected chi connectivity index (χ0v) is 25.0. The van der Waals surface area contributed by atoms with Crippen molar-refractivity contribution in [2.24, 2.45) is 5.41 Å². The molecule has 7 rings (SSSR count). The second-order valence-corrected chi connectivity index (χ2v) is 12.5. The molecule has 9 nitrogen and oxygen atoms in total. The fraction of sp³-hybridized carbons (Fsp3) is 0.406. The number of halogens is 4. The van der Waals surface area contributed by atoms with Crippen LogP contribution in [0.3, 0.4) is 0 Å². The third-order valence-electron chi connectivity index (χ3n) is 8.81. The molecule has 1 saturated carbocycles. The number of pyridine rings is 2. The molecule has 1 aromatic carbocycles. The number of para-hydroxylation sites is 1. The summed E-state index contributed by atoms with van der Waals surface area (Å²) in [5.41, 5.74) is 3.18. The summed E-state index contributed by atoms with van der Waals surface area (Å²) < 4.78 is 56.2. The van der Waals surface area contributed by atoms with Gasteiger partial charge in [-0.1, -0.05) is 28.9 Å². The zero-order chi connectivity index (χ0) is 31.4. The van der Waals surface area contributed by atoms with Crippen molar-refractivity contribution in [2.75, 3.05) is 13.1 Å². The Balaban J connectivity index is 1.06. The summed E-state index contributed by atoms with van der Waals surface area (Å²) in [5, 5.41) is 13.8. The van der Waals surface area contributed by atoms with E-state index in [-0.39, 0.29) is 11.7 Å². The Labute approximate surface area is 261 Å². The number of benzene rings is 1. The average molecular weight is 637 g/mol. The van der Waals surface area contributed by atoms with Gasteiger partial charge >= 0.3 is 12.1 Å². The van der Waals surface area contributed by atoms with E-state index in [2.05, 4.69) is 41.7 Å². The Morgan fingerprint density at radius 3 is 2.56 bits per heavy atom. The van der Waals surface area contributed by atoms with Gasteiger partial charge in [0, 0.05) is 37.0 Å². The number of nitrogens with zero attached hydrogens (tertiary/aromatic N) is 6. The van der Waals surface area contributed by atoms with Crippen molar-refractivity contribution in [1.29, 1.82) is 5.26 Å². The summed E-state index contributed by atoms with van der Waals surface area (Å²) in [6, 6.07) is 13.7. The maximum Gasteiger partial charge on any atom is 0.471 e. The van der Waals surface area contributed by atoms with Crippen molar-refractivity contribution in [3.05, 3.63) is 82.2 Å². The summed E-state index contributed by atoms with van der Waals surface area (Å²) in [6.07, 6.45) is 2.09. The largest absolute Gasteiger partial charge is 0.471 e. The van der Waals surface area contributed by atoms with Gasteiger partial charge in [-0.25, -0.2) is 0 Å². The molecule has 2 fully saturated rings. The maximum absolute atomic E-state index is 13.0. The van der Waals surface area contributed by atoms with E-state index in [1.54, 1.807) is 24.4 Å². The van der Waals surface area contributed by atoms with Crippen LogP contribution >= 0.6 is 11.6 Å². The van der Waals surface area contributed by atoms with Crippen LogP contribution in [0, 0.1) is 16.7 Å². The predicted molar refractivity (Wildman–Crippen MR) is 155 cm³/mol. The van der Waals surface area contributed by atoms with Gasteiger partial charge in [0.25, 0.3) is 5.79 Å². The van der Waals surface area contributed by atoms with Crippen molar-refractivity contribution in [1.82, 2.24) is 25.0 Å². The van der Waals surface area contributed by atoms with E-state index in [0.29, 0.717) is 35.0 Å². The number of alkyl halides is 3. The van der Waals surface area contributed by atoms with Crippen LogP contribution in [0.5, 0.6) is 11.5 Å². The Morgan fingerprint density at radius 1 is 1.09 bits per heavy atom. The second-order valence-electron chi connectivity index (χ2n) is 12.1. The number of nitriles is 1. The van der Waals surface area contributed by atoms with Gasteiger partial charge in [-0.2, -0.15) is 23.4 Å². The van der Waals surface area contributed by atoms with Crippen molar-refractivity contribution in [3.8, 4) is 29.0 Å². The number of hydrogen-bond donors (Lipinski definition) is 0. The number of piperidine rings is 1. The minimum Gasteiger partial charge on any atom is -0.443 e. The average Bonchev–Trinajstić information content (AvgIpc) is 3.42. The lowest BCUT2D eigenvalue weighted by atomic mass is 9.88. The van der Waals surface area contributed by atoms with Gasteiger partial charge in [0.1, 0.15) is 5.69 Å². The monoisotopic (exact) mass is 636 g/mol. The molecule has 0 bridgehead atoms. The Bertz CT molecular complexity index is 1780. The minimum atomic E-state index is -4.74. The third-order valence-corrected chi connectivity index (χ3v) is 9.03. The molecule has 3 aliphatic rings. The topological polar surface area (TPSA) is 110 Å². The zero-order valence-electron chi connectivity index (χ0n) is 24.3. The summed E-state index contributed by atoms with van der Waals surface area (Å²) >= 11 is 6.03. The highest BCUT2D eigenvalue weighted by molar-refractivity contribution is 6.30. The molecule has 0 amide bonds. The highest BCUT2D eigenvalue weighted by Crippen LogP contribution is 2.50. The minimum absolute atomic E-state index is 0.185. The van der Waals surface area contributed by atoms with Gasteiger partial charge in [-0.15, -0.1) is 0 Å². The van der Waals surface area contributed by atoms with Gasteiger partial charge in [0.2, 0.25) is 5.82 Å². The quantitative estimate of drug-likeness (QED) is 0.210. The van der Waals surface area contributed by atoms with Gasteiger partial charge in [0.05, 0.1) is 22.2 Å². The van der Waals surface area contributed by atoms with Crippen LogP contribution in [0.2, 0.25) is 5.02 Å². The fourth-order valence-corrected chi connectivity index (χ4v) is 6.20. The Morgan fingerprint density at radius 2 is 1.89 bits per heavy atom. The first kappa shape index (κ1) is 29.5. The van der Waals surface area contributed by atoms with Crippen LogP contribution in [0.1, 0.15) is 66.9 Å². The Hall–Kier alpha value is -4.21. The van der Waals surface area contributed by atoms with E-state index in [1.165, 1.54) is 6.20 Å². The molecule has 1 saturated heterocycles. The van der Waals surface area contributed by atoms with E-state index in [0.717, 1.165) is 61.3 Å². The lowest BCUT2D eigenvalue weighted by Gasteiger charge is -2.33. The molecule has 0 N–H and O–H groups in total. The Kier molecular flexibility index (Phi) is 7.21. The molecular formula is C32H28ClF3N6O3. The van der Waals surface area contributed by atoms with Crippen molar-refractivity contribution in [2.45, 2.75) is 63.5 Å². The van der Waals surface area contributed by atoms with E-state index in [1.807, 2.05) is 19.1 Å². The van der Waals surface area contributed by atoms with Gasteiger partial charge in [-0.3, -0.25) is 14.9 Å². The molecular weight excluding hydrogens is 609 g/mol. The number of fused-ring (bicyclic) bond motifs is 1. The van der Waals surface area contributed by atoms with Crippen molar-refractivity contribution >= 4 is 11.6 Å². The van der Waals surface area contributed by atoms with Crippen LogP contribution in [0.15, 0.2) is 53.3 Å². The smallest absolute Gasteiger partial charge is 0.443 e. The van der Waals surface area contributed by atoms with E-state index < -0.39 is 23.3 Å². The summed E-state index contributed by atoms with van der Waals surface area (Å²) in [6.45, 7) is 4.00. The first-order valence-corrected chi connectivity index (χ1v) is 15.1. The first-order valence-electron chi connectivity index (χ1n) is 14.7. The number of ether oxygens (including phenoxy) is 2. The third kappa shape index (κ3) is 5.82. The van der Waals surface area contributed by atoms with Crippen LogP contribution in [-0.2, 0) is 24.9 Å². The number of aromatic nitrogens is 4. The van der Waals surface area contributed by atoms with E-state index in [4.69, 9.17) is 21.1 Å². The molecule has 0 radical (unpaired) electrons. The maximum atomic E-state index is 13.0. The first-order chi connectivity index (χ1) is 21.5. The van der Waals surface area contributed by atoms with Crippen molar-refractivity contribution < 1.29 is 27.2 Å². The number of rotatable bonds is 7. The molecule has 4 aromatic rings. The lowest BCUT2D eigenvalue weighted by molar-refractivity contribution is -0.159. The number of hydrogen-bond acceptors (Lipinski definition) is 9. The van der Waals surface area contributed by atoms with Gasteiger partial charge in [-0.05, 0) is 80.9 Å². The molecule has 1 aliphatic carbocycles. The molecule has 3 aromatic heterocycles. The highest BCUT2D eigenvalue weighted by atomic mass is 35.5. The molecule has 45 heavy (non-hydrogen) atoms. The molecule has 5 heterocycles. The summed E-state index contributed by atoms with van der Waals surface area (Å²) in [7, 11) is 0. The molecule has 0 spiro atoms. The second kappa shape index (κ2) is 11.0.